The van der Waals surface area contributed by atoms with Gasteiger partial charge in [0.15, 0.2) is 17.4 Å². The van der Waals surface area contributed by atoms with Crippen molar-refractivity contribution in [3.05, 3.63) is 0 Å². The molecule has 8 heteroatoms. The highest BCUT2D eigenvalue weighted by Gasteiger charge is 2.39. The normalized spacial score (nSPS) is 16.1. The summed E-state index contributed by atoms with van der Waals surface area (Å²) in [4.78, 5) is 0. The van der Waals surface area contributed by atoms with Gasteiger partial charge in [-0.05, 0) is 52.4 Å². The van der Waals surface area contributed by atoms with Crippen LogP contribution in [0.5, 0.6) is 0 Å². The highest BCUT2D eigenvalue weighted by Crippen LogP contribution is 2.21. The Balaban J connectivity index is 4.47. The molecule has 0 heterocycles. The lowest BCUT2D eigenvalue weighted by Crippen LogP contribution is -2.54. The van der Waals surface area contributed by atoms with Gasteiger partial charge < -0.3 is 12.3 Å². The summed E-state index contributed by atoms with van der Waals surface area (Å²) in [5, 5.41) is 0. The zero-order valence-electron chi connectivity index (χ0n) is 12.4. The summed E-state index contributed by atoms with van der Waals surface area (Å²) in [7, 11) is -6.98. The fourth-order valence-electron chi connectivity index (χ4n) is 1.89. The van der Waals surface area contributed by atoms with Crippen LogP contribution < -0.4 is 0 Å². The number of alkyl halides is 1. The first-order valence-electron chi connectivity index (χ1n) is 6.01. The summed E-state index contributed by atoms with van der Waals surface area (Å²) in [6, 6.07) is 0. The molecule has 0 aliphatic carbocycles. The second-order valence-corrected chi connectivity index (χ2v) is 21.5. The van der Waals surface area contributed by atoms with Gasteiger partial charge in [-0.25, -0.2) is 0 Å². The Hall–Kier alpha value is 1.04. The van der Waals surface area contributed by atoms with Gasteiger partial charge in [0.2, 0.25) is 0 Å². The molecule has 0 fully saturated rings. The molecule has 0 N–H and O–H groups in total. The number of halogens is 1. The van der Waals surface area contributed by atoms with E-state index in [2.05, 4.69) is 52.4 Å². The summed E-state index contributed by atoms with van der Waals surface area (Å²) in [6.45, 7) is 17.1. The van der Waals surface area contributed by atoms with Crippen LogP contribution in [-0.2, 0) is 12.3 Å². The first-order valence-corrected chi connectivity index (χ1v) is 18.0. The Morgan fingerprint density at radius 2 is 1.35 bits per heavy atom. The maximum Gasteiger partial charge on any atom is 0.312 e. The van der Waals surface area contributed by atoms with E-state index in [1.54, 1.807) is 0 Å². The summed E-state index contributed by atoms with van der Waals surface area (Å²) >= 11 is 5.83. The third kappa shape index (κ3) is 9.60. The molecule has 0 rings (SSSR count). The first kappa shape index (κ1) is 18.0. The topological polar surface area (TPSA) is 27.7 Å². The summed E-state index contributed by atoms with van der Waals surface area (Å²) in [5.74, 6) is 0. The van der Waals surface area contributed by atoms with Gasteiger partial charge in [-0.15, -0.1) is 11.6 Å². The van der Waals surface area contributed by atoms with E-state index in [0.29, 0.717) is 5.50 Å². The van der Waals surface area contributed by atoms with Crippen molar-refractivity contribution in [2.75, 3.05) is 5.50 Å². The van der Waals surface area contributed by atoms with Crippen LogP contribution in [0.1, 0.15) is 0 Å². The van der Waals surface area contributed by atoms with Gasteiger partial charge in [-0.3, -0.25) is 0 Å². The molecule has 104 valence electrons. The predicted molar refractivity (Wildman–Crippen MR) is 85.3 cm³/mol. The molecular formula is C9H27ClO3Si4. The minimum atomic E-state index is -2.09. The Bertz CT molecular complexity index is 243. The summed E-state index contributed by atoms with van der Waals surface area (Å²) < 4.78 is 18.4. The average Bonchev–Trinajstić information content (AvgIpc) is 1.94. The third-order valence-electron chi connectivity index (χ3n) is 1.75. The van der Waals surface area contributed by atoms with Crippen LogP contribution in [0.25, 0.3) is 0 Å². The molecule has 0 amide bonds. The van der Waals surface area contributed by atoms with E-state index in [1.165, 1.54) is 0 Å². The molecule has 0 saturated heterocycles. The second kappa shape index (κ2) is 6.46. The molecular weight excluding hydrogens is 304 g/mol. The van der Waals surface area contributed by atoms with E-state index in [9.17, 15) is 0 Å². The van der Waals surface area contributed by atoms with Gasteiger partial charge in [0.05, 0.1) is 0 Å². The molecule has 1 atom stereocenters. The Morgan fingerprint density at radius 1 is 0.882 bits per heavy atom. The lowest BCUT2D eigenvalue weighted by atomic mass is 11.8. The predicted octanol–water partition coefficient (Wildman–Crippen LogP) is 3.41. The number of hydrogen-bond acceptors (Lipinski definition) is 3. The maximum atomic E-state index is 6.22. The molecule has 0 aliphatic rings. The Labute approximate surface area is 116 Å². The molecule has 0 aliphatic heterocycles. The van der Waals surface area contributed by atoms with Crippen molar-refractivity contribution in [1.82, 2.24) is 0 Å². The fraction of sp³-hybridized carbons (Fsp3) is 1.00. The molecule has 3 nitrogen and oxygen atoms in total. The van der Waals surface area contributed by atoms with E-state index in [1.807, 2.05) is 0 Å². The van der Waals surface area contributed by atoms with Crippen LogP contribution in [0.2, 0.25) is 52.4 Å². The van der Waals surface area contributed by atoms with Crippen LogP contribution in [0.3, 0.4) is 0 Å². The van der Waals surface area contributed by atoms with Gasteiger partial charge in [-0.1, -0.05) is 0 Å². The molecule has 0 aromatic heterocycles. The van der Waals surface area contributed by atoms with Crippen LogP contribution in [0.4, 0.5) is 0 Å². The Kier molecular flexibility index (Phi) is 6.86. The molecule has 0 saturated carbocycles. The molecule has 1 unspecified atom stereocenters. The molecule has 17 heavy (non-hydrogen) atoms. The van der Waals surface area contributed by atoms with Crippen molar-refractivity contribution in [2.24, 2.45) is 0 Å². The van der Waals surface area contributed by atoms with Crippen molar-refractivity contribution >= 4 is 46.1 Å². The van der Waals surface area contributed by atoms with Gasteiger partial charge in [0, 0.05) is 5.50 Å². The van der Waals surface area contributed by atoms with Crippen molar-refractivity contribution in [3.8, 4) is 0 Å². The van der Waals surface area contributed by atoms with Gasteiger partial charge in [-0.2, -0.15) is 0 Å². The van der Waals surface area contributed by atoms with E-state index in [4.69, 9.17) is 23.9 Å². The lowest BCUT2D eigenvalue weighted by molar-refractivity contribution is 0.335. The monoisotopic (exact) mass is 330 g/mol. The SMILES string of the molecule is C[SiH](CCl)O[Si](C)(C)O[Si](C)(C)O[Si](C)(C)C. The average molecular weight is 331 g/mol. The molecule has 0 radical (unpaired) electrons. The van der Waals surface area contributed by atoms with Crippen LogP contribution >= 0.6 is 11.6 Å². The van der Waals surface area contributed by atoms with E-state index < -0.39 is 34.5 Å². The smallest absolute Gasteiger partial charge is 0.312 e. The van der Waals surface area contributed by atoms with Crippen LogP contribution in [0, 0.1) is 0 Å². The maximum absolute atomic E-state index is 6.22. The van der Waals surface area contributed by atoms with Crippen LogP contribution in [-0.4, -0.2) is 40.0 Å². The standard InChI is InChI=1S/C9H27ClO3Si4/c1-14(9-10)11-16(5,6)13-17(7,8)12-15(2,3)4/h14H,9H2,1-8H3. The third-order valence-corrected chi connectivity index (χ3v) is 15.7. The van der Waals surface area contributed by atoms with Crippen LogP contribution in [0.15, 0.2) is 0 Å². The van der Waals surface area contributed by atoms with Gasteiger partial charge in [0.25, 0.3) is 0 Å². The van der Waals surface area contributed by atoms with Crippen molar-refractivity contribution < 1.29 is 12.3 Å². The number of hydrogen-bond donors (Lipinski definition) is 0. The van der Waals surface area contributed by atoms with Gasteiger partial charge in [0.1, 0.15) is 0 Å². The van der Waals surface area contributed by atoms with Crippen molar-refractivity contribution in [2.45, 2.75) is 52.4 Å². The zero-order chi connectivity index (χ0) is 13.9. The first-order chi connectivity index (χ1) is 7.37. The van der Waals surface area contributed by atoms with Crippen molar-refractivity contribution in [3.63, 3.8) is 0 Å². The van der Waals surface area contributed by atoms with E-state index in [0.717, 1.165) is 0 Å². The van der Waals surface area contributed by atoms with E-state index >= 15 is 0 Å². The minimum absolute atomic E-state index is 0.636. The van der Waals surface area contributed by atoms with Gasteiger partial charge >= 0.3 is 17.1 Å². The minimum Gasteiger partial charge on any atom is -0.438 e. The quantitative estimate of drug-likeness (QED) is 0.529. The summed E-state index contributed by atoms with van der Waals surface area (Å²) in [5.41, 5.74) is 0.636. The van der Waals surface area contributed by atoms with Crippen molar-refractivity contribution in [1.29, 1.82) is 0 Å². The lowest BCUT2D eigenvalue weighted by Gasteiger charge is -2.37. The van der Waals surface area contributed by atoms with E-state index in [-0.39, 0.29) is 0 Å². The summed E-state index contributed by atoms with van der Waals surface area (Å²) in [6.07, 6.45) is 0. The Morgan fingerprint density at radius 3 is 1.71 bits per heavy atom. The number of rotatable bonds is 7. The highest BCUT2D eigenvalue weighted by molar-refractivity contribution is 6.87. The zero-order valence-corrected chi connectivity index (χ0v) is 17.3. The largest absolute Gasteiger partial charge is 0.438 e. The fourth-order valence-corrected chi connectivity index (χ4v) is 18.4. The molecule has 0 aromatic carbocycles. The second-order valence-electron chi connectivity index (χ2n) is 6.20. The molecule has 0 bridgehead atoms. The molecule has 0 aromatic rings. The molecule has 0 spiro atoms. The highest BCUT2D eigenvalue weighted by atomic mass is 35.5.